The molecule has 0 saturated heterocycles. The van der Waals surface area contributed by atoms with Gasteiger partial charge in [-0.2, -0.15) is 9.50 Å². The number of carbonyl (C=O) groups excluding carboxylic acids is 1. The number of hydrogen-bond donors (Lipinski definition) is 0. The minimum Gasteiger partial charge on any atom is -0.426 e. The highest BCUT2D eigenvalue weighted by Crippen LogP contribution is 2.29. The van der Waals surface area contributed by atoms with Crippen LogP contribution in [0, 0.1) is 13.8 Å². The van der Waals surface area contributed by atoms with Crippen LogP contribution in [0.15, 0.2) is 35.1 Å². The van der Waals surface area contributed by atoms with E-state index in [1.165, 1.54) is 22.8 Å². The van der Waals surface area contributed by atoms with E-state index in [9.17, 15) is 9.59 Å². The van der Waals surface area contributed by atoms with Crippen molar-refractivity contribution in [1.29, 1.82) is 0 Å². The zero-order chi connectivity index (χ0) is 21.6. The molecule has 0 N–H and O–H groups in total. The molecule has 2 heterocycles. The quantitative estimate of drug-likeness (QED) is 0.338. The molecule has 0 aliphatic rings. The number of esters is 1. The number of benzene rings is 2. The predicted octanol–water partition coefficient (Wildman–Crippen LogP) is 4.21. The van der Waals surface area contributed by atoms with E-state index in [0.29, 0.717) is 36.7 Å². The van der Waals surface area contributed by atoms with Gasteiger partial charge in [0.05, 0.1) is 9.55 Å². The lowest BCUT2D eigenvalue weighted by atomic mass is 10.1. The molecule has 0 unspecified atom stereocenters. The fourth-order valence-electron chi connectivity index (χ4n) is 3.14. The Labute approximate surface area is 185 Å². The van der Waals surface area contributed by atoms with Crippen molar-refractivity contribution in [3.05, 3.63) is 72.0 Å². The van der Waals surface area contributed by atoms with Crippen LogP contribution in [-0.4, -0.2) is 20.6 Å². The maximum absolute atomic E-state index is 12.8. The highest BCUT2D eigenvalue weighted by molar-refractivity contribution is 7.15. The third kappa shape index (κ3) is 3.84. The Morgan fingerprint density at radius 2 is 1.87 bits per heavy atom. The molecule has 4 rings (SSSR count). The molecule has 2 aromatic heterocycles. The first-order chi connectivity index (χ1) is 14.2. The Bertz CT molecular complexity index is 1400. The van der Waals surface area contributed by atoms with Crippen molar-refractivity contribution in [2.75, 3.05) is 0 Å². The molecule has 0 spiro atoms. The van der Waals surface area contributed by atoms with Crippen LogP contribution in [0.4, 0.5) is 0 Å². The van der Waals surface area contributed by atoms with E-state index in [2.05, 4.69) is 10.1 Å². The van der Waals surface area contributed by atoms with Crippen molar-refractivity contribution in [2.45, 2.75) is 20.8 Å². The highest BCUT2D eigenvalue weighted by atomic mass is 35.5. The summed E-state index contributed by atoms with van der Waals surface area (Å²) in [7, 11) is 0. The van der Waals surface area contributed by atoms with Crippen LogP contribution in [0.3, 0.4) is 0 Å². The Kier molecular flexibility index (Phi) is 5.36. The van der Waals surface area contributed by atoms with E-state index in [-0.39, 0.29) is 11.5 Å². The number of aryl methyl sites for hydroxylation is 2. The van der Waals surface area contributed by atoms with Crippen LogP contribution in [0.25, 0.3) is 22.4 Å². The monoisotopic (exact) mass is 459 g/mol. The molecule has 152 valence electrons. The van der Waals surface area contributed by atoms with Crippen molar-refractivity contribution in [3.8, 4) is 17.1 Å². The van der Waals surface area contributed by atoms with Gasteiger partial charge in [0.1, 0.15) is 5.75 Å². The van der Waals surface area contributed by atoms with Gasteiger partial charge < -0.3 is 4.74 Å². The molecule has 0 amide bonds. The largest absolute Gasteiger partial charge is 0.426 e. The summed E-state index contributed by atoms with van der Waals surface area (Å²) in [4.78, 5) is 29.0. The molecular weight excluding hydrogens is 445 g/mol. The van der Waals surface area contributed by atoms with E-state index < -0.39 is 0 Å². The highest BCUT2D eigenvalue weighted by Gasteiger charge is 2.15. The first kappa shape index (κ1) is 20.5. The predicted molar refractivity (Wildman–Crippen MR) is 119 cm³/mol. The number of hydrogen-bond acceptors (Lipinski definition) is 6. The average molecular weight is 460 g/mol. The number of aromatic nitrogens is 3. The van der Waals surface area contributed by atoms with Gasteiger partial charge in [0.25, 0.3) is 5.56 Å². The first-order valence-corrected chi connectivity index (χ1v) is 10.5. The van der Waals surface area contributed by atoms with Gasteiger partial charge in [-0.25, -0.2) is 0 Å². The van der Waals surface area contributed by atoms with Crippen molar-refractivity contribution in [2.24, 2.45) is 0 Å². The summed E-state index contributed by atoms with van der Waals surface area (Å²) in [6.45, 7) is 5.07. The molecule has 0 fully saturated rings. The third-order valence-electron chi connectivity index (χ3n) is 4.38. The average Bonchev–Trinajstić information content (AvgIpc) is 3.18. The topological polar surface area (TPSA) is 73.6 Å². The molecule has 0 radical (unpaired) electrons. The fourth-order valence-corrected chi connectivity index (χ4v) is 4.54. The molecule has 0 bridgehead atoms. The maximum atomic E-state index is 12.8. The smallest absolute Gasteiger partial charge is 0.308 e. The summed E-state index contributed by atoms with van der Waals surface area (Å²) < 4.78 is 7.02. The minimum atomic E-state index is -0.373. The number of fused-ring (bicyclic) bond motifs is 1. The second-order valence-electron chi connectivity index (χ2n) is 6.75. The van der Waals surface area contributed by atoms with Crippen LogP contribution in [0.2, 0.25) is 10.0 Å². The summed E-state index contributed by atoms with van der Waals surface area (Å²) in [6, 6.07) is 8.74. The van der Waals surface area contributed by atoms with Crippen LogP contribution in [0.1, 0.15) is 23.6 Å². The zero-order valence-corrected chi connectivity index (χ0v) is 18.5. The number of ether oxygens (including phenoxy) is 1. The van der Waals surface area contributed by atoms with Gasteiger partial charge in [0, 0.05) is 17.5 Å². The number of nitrogens with zero attached hydrogens (tertiary/aromatic N) is 3. The molecule has 2 aromatic carbocycles. The molecule has 0 atom stereocenters. The van der Waals surface area contributed by atoms with Crippen molar-refractivity contribution in [1.82, 2.24) is 14.6 Å². The summed E-state index contributed by atoms with van der Waals surface area (Å²) in [5.41, 5.74) is 2.78. The Morgan fingerprint density at radius 3 is 2.47 bits per heavy atom. The normalized spacial score (nSPS) is 12.0. The van der Waals surface area contributed by atoms with Crippen molar-refractivity contribution in [3.63, 3.8) is 0 Å². The van der Waals surface area contributed by atoms with Crippen LogP contribution in [0.5, 0.6) is 5.75 Å². The standard InChI is InChI=1S/C21H15Cl2N3O3S/c1-10-6-13(7-11(2)18(10)29-12(3)27)8-17-20(28)26-21(30-17)24-19(25-26)15-5-4-14(22)9-16(15)23/h4-9H,1-3H3/b17-8-. The van der Waals surface area contributed by atoms with E-state index in [1.54, 1.807) is 24.3 Å². The maximum Gasteiger partial charge on any atom is 0.308 e. The molecule has 30 heavy (non-hydrogen) atoms. The lowest BCUT2D eigenvalue weighted by Crippen LogP contribution is -2.23. The molecule has 6 nitrogen and oxygen atoms in total. The van der Waals surface area contributed by atoms with Crippen LogP contribution >= 0.6 is 34.5 Å². The van der Waals surface area contributed by atoms with Gasteiger partial charge in [-0.1, -0.05) is 34.5 Å². The summed E-state index contributed by atoms with van der Waals surface area (Å²) in [6.07, 6.45) is 1.77. The molecule has 0 saturated carbocycles. The van der Waals surface area contributed by atoms with E-state index in [4.69, 9.17) is 27.9 Å². The second kappa shape index (κ2) is 7.83. The number of thiazole rings is 1. The Morgan fingerprint density at radius 1 is 1.17 bits per heavy atom. The molecule has 9 heteroatoms. The minimum absolute atomic E-state index is 0.266. The van der Waals surface area contributed by atoms with Crippen LogP contribution < -0.4 is 14.8 Å². The van der Waals surface area contributed by atoms with Crippen molar-refractivity contribution < 1.29 is 9.53 Å². The molecule has 4 aromatic rings. The van der Waals surface area contributed by atoms with Gasteiger partial charge in [-0.05, 0) is 66.9 Å². The summed E-state index contributed by atoms with van der Waals surface area (Å²) >= 11 is 13.4. The Hall–Kier alpha value is -2.74. The van der Waals surface area contributed by atoms with E-state index in [1.807, 2.05) is 26.0 Å². The van der Waals surface area contributed by atoms with Crippen LogP contribution in [-0.2, 0) is 4.79 Å². The zero-order valence-electron chi connectivity index (χ0n) is 16.2. The molecule has 0 aliphatic heterocycles. The van der Waals surface area contributed by atoms with Gasteiger partial charge in [-0.15, -0.1) is 5.10 Å². The van der Waals surface area contributed by atoms with Gasteiger partial charge >= 0.3 is 5.97 Å². The van der Waals surface area contributed by atoms with E-state index >= 15 is 0 Å². The first-order valence-electron chi connectivity index (χ1n) is 8.89. The van der Waals surface area contributed by atoms with Gasteiger partial charge in [-0.3, -0.25) is 9.59 Å². The van der Waals surface area contributed by atoms with Gasteiger partial charge in [0.2, 0.25) is 4.96 Å². The Balaban J connectivity index is 1.77. The van der Waals surface area contributed by atoms with E-state index in [0.717, 1.165) is 16.7 Å². The number of carbonyl (C=O) groups is 1. The lowest BCUT2D eigenvalue weighted by molar-refractivity contribution is -0.131. The summed E-state index contributed by atoms with van der Waals surface area (Å²) in [5.74, 6) is 0.528. The molecule has 0 aliphatic carbocycles. The third-order valence-corrected chi connectivity index (χ3v) is 5.89. The lowest BCUT2D eigenvalue weighted by Gasteiger charge is -2.10. The summed E-state index contributed by atoms with van der Waals surface area (Å²) in [5, 5.41) is 5.24. The van der Waals surface area contributed by atoms with Gasteiger partial charge in [0.15, 0.2) is 5.82 Å². The fraction of sp³-hybridized carbons (Fsp3) is 0.143. The number of rotatable bonds is 3. The number of halogens is 2. The second-order valence-corrected chi connectivity index (χ2v) is 8.60. The molecular formula is C21H15Cl2N3O3S. The van der Waals surface area contributed by atoms with Crippen molar-refractivity contribution >= 4 is 51.5 Å². The SMILES string of the molecule is CC(=O)Oc1c(C)cc(/C=c2\sc3nc(-c4ccc(Cl)cc4Cl)nn3c2=O)cc1C.